The third-order valence-electron chi connectivity index (χ3n) is 6.31. The Morgan fingerprint density at radius 1 is 1.14 bits per heavy atom. The summed E-state index contributed by atoms with van der Waals surface area (Å²) in [6.07, 6.45) is 2.12. The first-order valence-electron chi connectivity index (χ1n) is 9.05. The van der Waals surface area contributed by atoms with Crippen LogP contribution in [-0.4, -0.2) is 11.7 Å². The highest BCUT2D eigenvalue weighted by molar-refractivity contribution is 6.30. The summed E-state index contributed by atoms with van der Waals surface area (Å²) in [5, 5.41) is 38.8. The molecule has 2 heterocycles. The number of benzene rings is 1. The molecule has 3 aliphatic rings. The Hall–Kier alpha value is -2.66. The van der Waals surface area contributed by atoms with Gasteiger partial charge in [0.15, 0.2) is 5.41 Å². The van der Waals surface area contributed by atoms with E-state index in [0.717, 1.165) is 25.3 Å². The quantitative estimate of drug-likeness (QED) is 0.753. The van der Waals surface area contributed by atoms with Crippen molar-refractivity contribution in [1.29, 1.82) is 21.2 Å². The monoisotopic (exact) mass is 398 g/mol. The van der Waals surface area contributed by atoms with Gasteiger partial charge in [-0.3, -0.25) is 5.41 Å². The second kappa shape index (κ2) is 6.17. The van der Waals surface area contributed by atoms with Gasteiger partial charge in [-0.1, -0.05) is 30.5 Å². The molecule has 4 rings (SSSR count). The van der Waals surface area contributed by atoms with E-state index >= 15 is 0 Å². The fourth-order valence-corrected chi connectivity index (χ4v) is 5.13. The van der Waals surface area contributed by atoms with Gasteiger partial charge in [-0.15, -0.1) is 0 Å². The maximum absolute atomic E-state index is 14.2. The van der Waals surface area contributed by atoms with E-state index < -0.39 is 40.4 Å². The lowest BCUT2D eigenvalue weighted by atomic mass is 9.52. The third kappa shape index (κ3) is 2.05. The molecular formula is C20H16ClFN4O2. The first kappa shape index (κ1) is 18.7. The van der Waals surface area contributed by atoms with Gasteiger partial charge in [-0.2, -0.15) is 15.8 Å². The van der Waals surface area contributed by atoms with Crippen molar-refractivity contribution in [3.05, 3.63) is 34.6 Å². The van der Waals surface area contributed by atoms with Gasteiger partial charge < -0.3 is 9.47 Å². The minimum Gasteiger partial charge on any atom is -0.447 e. The first-order chi connectivity index (χ1) is 13.4. The molecule has 4 unspecified atom stereocenters. The standard InChI is InChI=1S/C20H16ClFN4O2/c21-13-6-5-12(8-14(13)22)16-18(9-23,10-24)19(11-25)15-4-2-1-3-7-20(15,27-16)28-17(19)26/h5-6,8,15-16,26H,1-4,7H2. The summed E-state index contributed by atoms with van der Waals surface area (Å²) in [4.78, 5) is 0. The van der Waals surface area contributed by atoms with Gasteiger partial charge in [0.25, 0.3) is 0 Å². The predicted molar refractivity (Wildman–Crippen MR) is 95.1 cm³/mol. The van der Waals surface area contributed by atoms with E-state index in [1.165, 1.54) is 12.1 Å². The summed E-state index contributed by atoms with van der Waals surface area (Å²) in [7, 11) is 0. The van der Waals surface area contributed by atoms with Gasteiger partial charge in [0.2, 0.25) is 17.1 Å². The number of halogens is 2. The zero-order valence-corrected chi connectivity index (χ0v) is 15.6. The van der Waals surface area contributed by atoms with Crippen LogP contribution in [0.3, 0.4) is 0 Å². The molecule has 2 saturated heterocycles. The number of hydrogen-bond acceptors (Lipinski definition) is 6. The van der Waals surface area contributed by atoms with Crippen LogP contribution in [0.15, 0.2) is 18.2 Å². The number of hydrogen-bond donors (Lipinski definition) is 1. The predicted octanol–water partition coefficient (Wildman–Crippen LogP) is 4.38. The number of ether oxygens (including phenoxy) is 2. The number of rotatable bonds is 1. The van der Waals surface area contributed by atoms with Crippen LogP contribution in [0.4, 0.5) is 4.39 Å². The van der Waals surface area contributed by atoms with Gasteiger partial charge >= 0.3 is 0 Å². The topological polar surface area (TPSA) is 114 Å². The molecule has 2 aliphatic heterocycles. The molecule has 0 radical (unpaired) electrons. The number of nitrogens with zero attached hydrogens (tertiary/aromatic N) is 3. The highest BCUT2D eigenvalue weighted by Gasteiger charge is 2.80. The number of nitriles is 3. The van der Waals surface area contributed by atoms with Crippen LogP contribution in [0.1, 0.15) is 43.8 Å². The molecule has 4 atom stereocenters. The van der Waals surface area contributed by atoms with Gasteiger partial charge in [0.05, 0.1) is 29.1 Å². The van der Waals surface area contributed by atoms with Crippen LogP contribution in [0, 0.1) is 62.0 Å². The Morgan fingerprint density at radius 2 is 1.89 bits per heavy atom. The van der Waals surface area contributed by atoms with Crippen LogP contribution in [0.25, 0.3) is 0 Å². The molecule has 1 aromatic carbocycles. The zero-order chi connectivity index (χ0) is 20.2. The van der Waals surface area contributed by atoms with E-state index in [1.54, 1.807) is 0 Å². The Morgan fingerprint density at radius 3 is 2.54 bits per heavy atom. The van der Waals surface area contributed by atoms with E-state index in [2.05, 4.69) is 6.07 Å². The Labute approximate surface area is 166 Å². The molecular weight excluding hydrogens is 383 g/mol. The lowest BCUT2D eigenvalue weighted by Gasteiger charge is -2.49. The SMILES string of the molecule is N#CC1(C#N)C(c2ccc(Cl)c(F)c2)OC23CCCCCC2C1(C#N)C(=N)O3. The minimum absolute atomic E-state index is 0.105. The summed E-state index contributed by atoms with van der Waals surface area (Å²) in [5.41, 5.74) is -3.64. The maximum Gasteiger partial charge on any atom is 0.217 e. The van der Waals surface area contributed by atoms with Crippen molar-refractivity contribution in [3.63, 3.8) is 0 Å². The molecule has 1 aliphatic carbocycles. The van der Waals surface area contributed by atoms with E-state index in [9.17, 15) is 20.2 Å². The number of nitrogens with one attached hydrogen (secondary N) is 1. The Kier molecular flexibility index (Phi) is 4.12. The maximum atomic E-state index is 14.2. The van der Waals surface area contributed by atoms with Crippen LogP contribution in [0.2, 0.25) is 5.02 Å². The molecule has 1 N–H and O–H groups in total. The van der Waals surface area contributed by atoms with Gasteiger partial charge in [0, 0.05) is 6.42 Å². The average molecular weight is 399 g/mol. The van der Waals surface area contributed by atoms with Gasteiger partial charge in [-0.25, -0.2) is 4.39 Å². The molecule has 1 aromatic rings. The van der Waals surface area contributed by atoms with Crippen molar-refractivity contribution in [3.8, 4) is 18.2 Å². The van der Waals surface area contributed by atoms with Gasteiger partial charge in [-0.05, 0) is 30.5 Å². The van der Waals surface area contributed by atoms with E-state index in [1.807, 2.05) is 12.1 Å². The second-order valence-corrected chi connectivity index (χ2v) is 7.93. The summed E-state index contributed by atoms with van der Waals surface area (Å²) in [6.45, 7) is 0. The van der Waals surface area contributed by atoms with Crippen molar-refractivity contribution < 1.29 is 13.9 Å². The largest absolute Gasteiger partial charge is 0.447 e. The third-order valence-corrected chi connectivity index (χ3v) is 6.62. The van der Waals surface area contributed by atoms with Crippen molar-refractivity contribution in [2.24, 2.45) is 16.7 Å². The van der Waals surface area contributed by atoms with Crippen molar-refractivity contribution >= 4 is 17.5 Å². The Balaban J connectivity index is 2.00. The van der Waals surface area contributed by atoms with Crippen molar-refractivity contribution in [2.45, 2.75) is 44.0 Å². The van der Waals surface area contributed by atoms with Crippen LogP contribution < -0.4 is 0 Å². The normalized spacial score (nSPS) is 35.5. The molecule has 0 spiro atoms. The molecule has 0 amide bonds. The molecule has 142 valence electrons. The average Bonchev–Trinajstić information content (AvgIpc) is 2.82. The smallest absolute Gasteiger partial charge is 0.217 e. The van der Waals surface area contributed by atoms with Crippen molar-refractivity contribution in [2.75, 3.05) is 0 Å². The van der Waals surface area contributed by atoms with Crippen LogP contribution >= 0.6 is 11.6 Å². The summed E-state index contributed by atoms with van der Waals surface area (Å²) >= 11 is 5.78. The minimum atomic E-state index is -2.06. The van der Waals surface area contributed by atoms with Crippen LogP contribution in [-0.2, 0) is 9.47 Å². The molecule has 8 heteroatoms. The highest BCUT2D eigenvalue weighted by atomic mass is 35.5. The van der Waals surface area contributed by atoms with E-state index in [-0.39, 0.29) is 10.6 Å². The van der Waals surface area contributed by atoms with Gasteiger partial charge in [0.1, 0.15) is 11.9 Å². The molecule has 3 fully saturated rings. The Bertz CT molecular complexity index is 979. The van der Waals surface area contributed by atoms with Crippen LogP contribution in [0.5, 0.6) is 0 Å². The van der Waals surface area contributed by atoms with E-state index in [0.29, 0.717) is 12.8 Å². The summed E-state index contributed by atoms with van der Waals surface area (Å²) < 4.78 is 26.3. The lowest BCUT2D eigenvalue weighted by Crippen LogP contribution is -2.59. The molecule has 0 aromatic heterocycles. The molecule has 28 heavy (non-hydrogen) atoms. The lowest BCUT2D eigenvalue weighted by molar-refractivity contribution is -0.285. The molecule has 1 saturated carbocycles. The fraction of sp³-hybridized carbons (Fsp3) is 0.500. The fourth-order valence-electron chi connectivity index (χ4n) is 5.01. The van der Waals surface area contributed by atoms with Crippen molar-refractivity contribution in [1.82, 2.24) is 0 Å². The second-order valence-electron chi connectivity index (χ2n) is 7.52. The highest BCUT2D eigenvalue weighted by Crippen LogP contribution is 2.69. The molecule has 2 bridgehead atoms. The zero-order valence-electron chi connectivity index (χ0n) is 14.8. The van der Waals surface area contributed by atoms with E-state index in [4.69, 9.17) is 26.5 Å². The summed E-state index contributed by atoms with van der Waals surface area (Å²) in [6, 6.07) is 9.94. The first-order valence-corrected chi connectivity index (χ1v) is 9.43. The summed E-state index contributed by atoms with van der Waals surface area (Å²) in [5.74, 6) is -3.03. The molecule has 6 nitrogen and oxygen atoms in total.